The molecular weight excluding hydrogens is 168 g/mol. The van der Waals surface area contributed by atoms with E-state index >= 15 is 0 Å². The number of nitrogens with two attached hydrogens (primary N) is 1. The van der Waals surface area contributed by atoms with Crippen molar-refractivity contribution < 1.29 is 0 Å². The number of nitrogens with zero attached hydrogens (tertiary/aromatic N) is 1. The van der Waals surface area contributed by atoms with Gasteiger partial charge in [0, 0.05) is 12.6 Å². The van der Waals surface area contributed by atoms with Crippen LogP contribution in [0.2, 0.25) is 0 Å². The fourth-order valence-electron chi connectivity index (χ4n) is 2.11. The van der Waals surface area contributed by atoms with Gasteiger partial charge in [0.2, 0.25) is 0 Å². The van der Waals surface area contributed by atoms with Crippen LogP contribution in [0.25, 0.3) is 0 Å². The van der Waals surface area contributed by atoms with Crippen molar-refractivity contribution in [1.82, 2.24) is 4.90 Å². The molecule has 2 aliphatic rings. The van der Waals surface area contributed by atoms with Gasteiger partial charge in [0.05, 0.1) is 5.37 Å². The molecule has 2 N–H and O–H groups in total. The topological polar surface area (TPSA) is 29.3 Å². The minimum absolute atomic E-state index is 0.431. The van der Waals surface area contributed by atoms with Gasteiger partial charge in [0.15, 0.2) is 0 Å². The van der Waals surface area contributed by atoms with Crippen molar-refractivity contribution in [2.24, 2.45) is 5.73 Å². The van der Waals surface area contributed by atoms with Crippen molar-refractivity contribution in [3.8, 4) is 0 Å². The lowest BCUT2D eigenvalue weighted by atomic mass is 10.1. The molecular formula is C9H18N2S. The van der Waals surface area contributed by atoms with E-state index in [1.807, 2.05) is 0 Å². The minimum atomic E-state index is 0.431. The molecule has 0 bridgehead atoms. The average Bonchev–Trinajstić information content (AvgIpc) is 2.25. The maximum atomic E-state index is 5.99. The average molecular weight is 186 g/mol. The molecule has 0 aromatic heterocycles. The lowest BCUT2D eigenvalue weighted by molar-refractivity contribution is 0.198. The summed E-state index contributed by atoms with van der Waals surface area (Å²) in [5.41, 5.74) is 5.99. The van der Waals surface area contributed by atoms with Crippen LogP contribution in [0.4, 0.5) is 0 Å². The van der Waals surface area contributed by atoms with E-state index in [0.717, 1.165) is 11.9 Å². The summed E-state index contributed by atoms with van der Waals surface area (Å²) in [7, 11) is 0. The van der Waals surface area contributed by atoms with Crippen LogP contribution in [0.15, 0.2) is 0 Å². The molecule has 2 saturated heterocycles. The summed E-state index contributed by atoms with van der Waals surface area (Å²) < 4.78 is 0. The van der Waals surface area contributed by atoms with Crippen LogP contribution in [0.1, 0.15) is 25.7 Å². The van der Waals surface area contributed by atoms with Crippen molar-refractivity contribution in [2.45, 2.75) is 37.1 Å². The first kappa shape index (κ1) is 8.85. The molecule has 0 spiro atoms. The van der Waals surface area contributed by atoms with E-state index in [4.69, 9.17) is 5.73 Å². The highest BCUT2D eigenvalue weighted by Gasteiger charge is 2.26. The number of thioether (sulfide) groups is 1. The Labute approximate surface area is 78.9 Å². The number of hydrogen-bond acceptors (Lipinski definition) is 3. The molecule has 2 heterocycles. The molecule has 2 atom stereocenters. The van der Waals surface area contributed by atoms with E-state index in [9.17, 15) is 0 Å². The zero-order valence-electron chi connectivity index (χ0n) is 7.54. The zero-order valence-corrected chi connectivity index (χ0v) is 8.35. The van der Waals surface area contributed by atoms with Crippen LogP contribution in [0.3, 0.4) is 0 Å². The SMILES string of the molecule is N[C@H]1CCS[C@H]2CCCCN2C1. The van der Waals surface area contributed by atoms with Gasteiger partial charge in [-0.05, 0) is 38.0 Å². The quantitative estimate of drug-likeness (QED) is 0.617. The second kappa shape index (κ2) is 3.99. The number of hydrogen-bond donors (Lipinski definition) is 1. The van der Waals surface area contributed by atoms with Crippen molar-refractivity contribution in [1.29, 1.82) is 0 Å². The summed E-state index contributed by atoms with van der Waals surface area (Å²) in [4.78, 5) is 2.59. The number of fused-ring (bicyclic) bond motifs is 1. The fourth-order valence-corrected chi connectivity index (χ4v) is 3.55. The van der Waals surface area contributed by atoms with Crippen LogP contribution in [-0.4, -0.2) is 35.2 Å². The highest BCUT2D eigenvalue weighted by Crippen LogP contribution is 2.29. The van der Waals surface area contributed by atoms with Gasteiger partial charge in [-0.25, -0.2) is 0 Å². The monoisotopic (exact) mass is 186 g/mol. The highest BCUT2D eigenvalue weighted by atomic mass is 32.2. The highest BCUT2D eigenvalue weighted by molar-refractivity contribution is 7.99. The summed E-state index contributed by atoms with van der Waals surface area (Å²) >= 11 is 2.12. The molecule has 0 radical (unpaired) electrons. The van der Waals surface area contributed by atoms with Gasteiger partial charge in [-0.15, -0.1) is 11.8 Å². The predicted octanol–water partition coefficient (Wildman–Crippen LogP) is 1.26. The predicted molar refractivity (Wildman–Crippen MR) is 54.3 cm³/mol. The standard InChI is InChI=1S/C9H18N2S/c10-8-4-6-12-9-3-1-2-5-11(9)7-8/h8-9H,1-7,10H2/t8-,9-/m0/s1. The van der Waals surface area contributed by atoms with Crippen molar-refractivity contribution in [3.05, 3.63) is 0 Å². The van der Waals surface area contributed by atoms with Crippen LogP contribution >= 0.6 is 11.8 Å². The smallest absolute Gasteiger partial charge is 0.0557 e. The number of rotatable bonds is 0. The summed E-state index contributed by atoms with van der Waals surface area (Å²) in [6.07, 6.45) is 5.39. The summed E-state index contributed by atoms with van der Waals surface area (Å²) in [5, 5.41) is 0.798. The largest absolute Gasteiger partial charge is 0.327 e. The Morgan fingerprint density at radius 2 is 2.17 bits per heavy atom. The third kappa shape index (κ3) is 1.95. The first-order chi connectivity index (χ1) is 5.86. The van der Waals surface area contributed by atoms with Crippen molar-refractivity contribution in [3.63, 3.8) is 0 Å². The normalized spacial score (nSPS) is 38.8. The molecule has 0 aliphatic carbocycles. The van der Waals surface area contributed by atoms with Gasteiger partial charge in [-0.1, -0.05) is 0 Å². The van der Waals surface area contributed by atoms with E-state index in [1.54, 1.807) is 0 Å². The molecule has 0 amide bonds. The van der Waals surface area contributed by atoms with Gasteiger partial charge in [0.1, 0.15) is 0 Å². The molecule has 0 aromatic carbocycles. The van der Waals surface area contributed by atoms with Crippen LogP contribution < -0.4 is 5.73 Å². The van der Waals surface area contributed by atoms with Crippen molar-refractivity contribution in [2.75, 3.05) is 18.8 Å². The molecule has 3 heteroatoms. The van der Waals surface area contributed by atoms with E-state index in [2.05, 4.69) is 16.7 Å². The summed E-state index contributed by atoms with van der Waals surface area (Å²) in [6, 6.07) is 0.431. The molecule has 0 unspecified atom stereocenters. The molecule has 12 heavy (non-hydrogen) atoms. The van der Waals surface area contributed by atoms with Gasteiger partial charge < -0.3 is 5.73 Å². The Bertz CT molecular complexity index is 151. The maximum absolute atomic E-state index is 5.99. The molecule has 2 rings (SSSR count). The molecule has 2 fully saturated rings. The summed E-state index contributed by atoms with van der Waals surface area (Å²) in [5.74, 6) is 1.27. The lowest BCUT2D eigenvalue weighted by Crippen LogP contribution is -2.42. The third-order valence-electron chi connectivity index (χ3n) is 2.82. The van der Waals surface area contributed by atoms with E-state index < -0.39 is 0 Å². The molecule has 0 saturated carbocycles. The lowest BCUT2D eigenvalue weighted by Gasteiger charge is -2.34. The van der Waals surface area contributed by atoms with E-state index in [-0.39, 0.29) is 0 Å². The number of piperidine rings is 1. The van der Waals surface area contributed by atoms with Gasteiger partial charge in [-0.2, -0.15) is 0 Å². The Morgan fingerprint density at radius 3 is 3.08 bits per heavy atom. The van der Waals surface area contributed by atoms with Gasteiger partial charge in [-0.3, -0.25) is 4.90 Å². The fraction of sp³-hybridized carbons (Fsp3) is 1.00. The molecule has 70 valence electrons. The maximum Gasteiger partial charge on any atom is 0.0557 e. The molecule has 0 aromatic rings. The first-order valence-electron chi connectivity index (χ1n) is 4.97. The third-order valence-corrected chi connectivity index (χ3v) is 4.21. The van der Waals surface area contributed by atoms with Crippen LogP contribution in [-0.2, 0) is 0 Å². The van der Waals surface area contributed by atoms with Gasteiger partial charge >= 0.3 is 0 Å². The first-order valence-corrected chi connectivity index (χ1v) is 6.02. The Hall–Kier alpha value is 0.270. The molecule has 2 aliphatic heterocycles. The van der Waals surface area contributed by atoms with Gasteiger partial charge in [0.25, 0.3) is 0 Å². The summed E-state index contributed by atoms with van der Waals surface area (Å²) in [6.45, 7) is 2.42. The Morgan fingerprint density at radius 1 is 1.25 bits per heavy atom. The Kier molecular flexibility index (Phi) is 2.94. The zero-order chi connectivity index (χ0) is 8.39. The second-order valence-electron chi connectivity index (χ2n) is 3.86. The van der Waals surface area contributed by atoms with Crippen LogP contribution in [0.5, 0.6) is 0 Å². The van der Waals surface area contributed by atoms with E-state index in [0.29, 0.717) is 6.04 Å². The van der Waals surface area contributed by atoms with E-state index in [1.165, 1.54) is 38.0 Å². The van der Waals surface area contributed by atoms with Crippen molar-refractivity contribution >= 4 is 11.8 Å². The minimum Gasteiger partial charge on any atom is -0.327 e. The Balaban J connectivity index is 1.96. The second-order valence-corrected chi connectivity index (χ2v) is 5.15. The molecule has 2 nitrogen and oxygen atoms in total. The van der Waals surface area contributed by atoms with Crippen LogP contribution in [0, 0.1) is 0 Å².